The van der Waals surface area contributed by atoms with E-state index in [0.29, 0.717) is 17.9 Å². The lowest BCUT2D eigenvalue weighted by atomic mass is 9.92. The maximum atomic E-state index is 14.3. The van der Waals surface area contributed by atoms with Crippen LogP contribution in [-0.4, -0.2) is 27.4 Å². The highest BCUT2D eigenvalue weighted by Gasteiger charge is 2.56. The van der Waals surface area contributed by atoms with Crippen molar-refractivity contribution in [1.29, 1.82) is 0 Å². The number of hydrogen-bond acceptors (Lipinski definition) is 6. The van der Waals surface area contributed by atoms with Crippen LogP contribution in [0, 0.1) is 0 Å². The molecule has 1 aliphatic carbocycles. The first kappa shape index (κ1) is 24.8. The molecule has 0 spiro atoms. The average molecular weight is 498 g/mol. The molecule has 2 aromatic carbocycles. The van der Waals surface area contributed by atoms with Gasteiger partial charge in [-0.2, -0.15) is 4.72 Å². The maximum absolute atomic E-state index is 14.3. The molecular formula is C22H25ClNO6PS. The molecule has 0 aliphatic heterocycles. The quantitative estimate of drug-likeness (QED) is 0.449. The van der Waals surface area contributed by atoms with Crippen molar-refractivity contribution in [2.45, 2.75) is 36.9 Å². The third-order valence-corrected chi connectivity index (χ3v) is 9.15. The number of rotatable bonds is 10. The Morgan fingerprint density at radius 2 is 1.59 bits per heavy atom. The van der Waals surface area contributed by atoms with Crippen molar-refractivity contribution in [3.63, 3.8) is 0 Å². The summed E-state index contributed by atoms with van der Waals surface area (Å²) in [5, 5.41) is -1.56. The van der Waals surface area contributed by atoms with Gasteiger partial charge in [-0.3, -0.25) is 9.36 Å². The van der Waals surface area contributed by atoms with Crippen LogP contribution in [0.4, 0.5) is 0 Å². The first-order chi connectivity index (χ1) is 15.2. The normalized spacial score (nSPS) is 18.5. The van der Waals surface area contributed by atoms with Crippen molar-refractivity contribution < 1.29 is 26.8 Å². The lowest BCUT2D eigenvalue weighted by Gasteiger charge is -2.39. The lowest BCUT2D eigenvalue weighted by molar-refractivity contribution is 0.104. The molecule has 32 heavy (non-hydrogen) atoms. The molecule has 1 atom stereocenters. The first-order valence-corrected chi connectivity index (χ1v) is 13.6. The maximum Gasteiger partial charge on any atom is 0.360 e. The number of fused-ring (bicyclic) bond motifs is 1. The van der Waals surface area contributed by atoms with Crippen molar-refractivity contribution in [2.24, 2.45) is 0 Å². The monoisotopic (exact) mass is 497 g/mol. The van der Waals surface area contributed by atoms with E-state index in [2.05, 4.69) is 4.72 Å². The van der Waals surface area contributed by atoms with Crippen LogP contribution in [0.5, 0.6) is 0 Å². The van der Waals surface area contributed by atoms with E-state index >= 15 is 0 Å². The molecule has 0 amide bonds. The summed E-state index contributed by atoms with van der Waals surface area (Å²) in [5.41, 5.74) is 0.426. The Hall–Kier alpha value is -1.80. The molecule has 0 aromatic heterocycles. The van der Waals surface area contributed by atoms with E-state index in [1.165, 1.54) is 36.4 Å². The average Bonchev–Trinajstić information content (AvgIpc) is 2.78. The number of allylic oxidation sites excluding steroid dienone is 1. The van der Waals surface area contributed by atoms with E-state index < -0.39 is 22.9 Å². The van der Waals surface area contributed by atoms with Gasteiger partial charge < -0.3 is 9.05 Å². The minimum Gasteiger partial charge on any atom is -0.307 e. The van der Waals surface area contributed by atoms with E-state index in [-0.39, 0.29) is 35.0 Å². The largest absolute Gasteiger partial charge is 0.360 e. The fraction of sp³-hybridized carbons (Fsp3) is 0.318. The van der Waals surface area contributed by atoms with Crippen molar-refractivity contribution in [3.05, 3.63) is 76.8 Å². The van der Waals surface area contributed by atoms with E-state index in [9.17, 15) is 17.8 Å². The summed E-state index contributed by atoms with van der Waals surface area (Å²) in [6, 6.07) is 12.0. The Labute approximate surface area is 193 Å². The predicted molar refractivity (Wildman–Crippen MR) is 123 cm³/mol. The highest BCUT2D eigenvalue weighted by Crippen LogP contribution is 2.66. The summed E-state index contributed by atoms with van der Waals surface area (Å²) in [4.78, 5) is 12.5. The second-order valence-electron chi connectivity index (χ2n) is 7.23. The second-order valence-corrected chi connectivity index (χ2v) is 11.6. The van der Waals surface area contributed by atoms with Crippen LogP contribution < -0.4 is 4.72 Å². The molecule has 3 rings (SSSR count). The number of carbonyl (C=O) groups excluding carboxylic acids is 1. The van der Waals surface area contributed by atoms with Gasteiger partial charge in [0.05, 0.1) is 18.1 Å². The summed E-state index contributed by atoms with van der Waals surface area (Å²) < 4.78 is 55.1. The number of sulfonamides is 1. The van der Waals surface area contributed by atoms with Gasteiger partial charge in [0.2, 0.25) is 10.0 Å². The van der Waals surface area contributed by atoms with Gasteiger partial charge in [-0.1, -0.05) is 49.7 Å². The lowest BCUT2D eigenvalue weighted by Crippen LogP contribution is -2.47. The molecule has 172 valence electrons. The van der Waals surface area contributed by atoms with Crippen LogP contribution in [0.15, 0.2) is 65.6 Å². The molecule has 0 bridgehead atoms. The van der Waals surface area contributed by atoms with E-state index in [0.717, 1.165) is 0 Å². The number of carbonyl (C=O) groups is 1. The van der Waals surface area contributed by atoms with Gasteiger partial charge in [-0.25, -0.2) is 8.42 Å². The van der Waals surface area contributed by atoms with Crippen molar-refractivity contribution in [1.82, 2.24) is 4.72 Å². The molecule has 1 aliphatic rings. The summed E-state index contributed by atoms with van der Waals surface area (Å²) in [6.45, 7) is 3.83. The van der Waals surface area contributed by atoms with Crippen LogP contribution >= 0.6 is 19.2 Å². The molecule has 10 heteroatoms. The number of hydrogen-bond donors (Lipinski definition) is 1. The number of benzene rings is 2. The molecule has 0 fully saturated rings. The highest BCUT2D eigenvalue weighted by molar-refractivity contribution is 7.90. The SMILES string of the molecule is CCCOP(=O)(OCCC)C1(NS(=O)(=O)c2ccc(Cl)cc2)C=CC(=O)c2ccccc21. The zero-order valence-corrected chi connectivity index (χ0v) is 20.3. The van der Waals surface area contributed by atoms with Crippen molar-refractivity contribution >= 4 is 35.0 Å². The van der Waals surface area contributed by atoms with Crippen LogP contribution in [0.25, 0.3) is 0 Å². The Morgan fingerprint density at radius 3 is 2.19 bits per heavy atom. The third-order valence-electron chi connectivity index (χ3n) is 4.86. The zero-order valence-electron chi connectivity index (χ0n) is 17.8. The molecule has 0 saturated heterocycles. The van der Waals surface area contributed by atoms with Gasteiger partial charge in [0, 0.05) is 16.1 Å². The summed E-state index contributed by atoms with van der Waals surface area (Å²) >= 11 is 5.90. The van der Waals surface area contributed by atoms with Crippen molar-refractivity contribution in [3.8, 4) is 0 Å². The topological polar surface area (TPSA) is 98.8 Å². The smallest absolute Gasteiger partial charge is 0.307 e. The zero-order chi connectivity index (χ0) is 23.4. The summed E-state index contributed by atoms with van der Waals surface area (Å²) in [7, 11) is -8.43. The first-order valence-electron chi connectivity index (χ1n) is 10.2. The van der Waals surface area contributed by atoms with Crippen molar-refractivity contribution in [2.75, 3.05) is 13.2 Å². The van der Waals surface area contributed by atoms with Gasteiger partial charge in [-0.05, 0) is 49.3 Å². The molecule has 7 nitrogen and oxygen atoms in total. The molecule has 0 saturated carbocycles. The van der Waals surface area contributed by atoms with Crippen LogP contribution in [-0.2, 0) is 28.9 Å². The van der Waals surface area contributed by atoms with Crippen LogP contribution in [0.2, 0.25) is 5.02 Å². The van der Waals surface area contributed by atoms with E-state index in [1.807, 2.05) is 13.8 Å². The minimum absolute atomic E-state index is 0.0787. The van der Waals surface area contributed by atoms with Crippen LogP contribution in [0.1, 0.15) is 42.6 Å². The predicted octanol–water partition coefficient (Wildman–Crippen LogP) is 5.27. The second kappa shape index (κ2) is 10.00. The van der Waals surface area contributed by atoms with E-state index in [4.69, 9.17) is 20.6 Å². The Kier molecular flexibility index (Phi) is 7.76. The highest BCUT2D eigenvalue weighted by atomic mass is 35.5. The standard InChI is InChI=1S/C22H25ClNO6PS/c1-3-15-29-31(26,30-16-4-2)22(14-13-21(25)19-7-5-6-8-20(19)22)24-32(27,28)18-11-9-17(23)10-12-18/h5-14,24H,3-4,15-16H2,1-2H3. The molecule has 1 N–H and O–H groups in total. The fourth-order valence-electron chi connectivity index (χ4n) is 3.33. The number of nitrogens with one attached hydrogen (secondary N) is 1. The molecule has 2 aromatic rings. The van der Waals surface area contributed by atoms with Gasteiger partial charge in [-0.15, -0.1) is 0 Å². The molecule has 0 radical (unpaired) electrons. The van der Waals surface area contributed by atoms with E-state index in [1.54, 1.807) is 24.3 Å². The molecule has 1 unspecified atom stereocenters. The summed E-state index contributed by atoms with van der Waals surface area (Å²) in [5.74, 6) is -0.334. The van der Waals surface area contributed by atoms with Gasteiger partial charge in [0.25, 0.3) is 0 Å². The third kappa shape index (κ3) is 4.76. The van der Waals surface area contributed by atoms with Gasteiger partial charge >= 0.3 is 7.60 Å². The fourth-order valence-corrected chi connectivity index (χ4v) is 7.54. The van der Waals surface area contributed by atoms with Crippen LogP contribution in [0.3, 0.4) is 0 Å². The number of halogens is 1. The Bertz CT molecular complexity index is 1150. The number of ketones is 1. The summed E-state index contributed by atoms with van der Waals surface area (Å²) in [6.07, 6.45) is 3.54. The molecule has 0 heterocycles. The minimum atomic E-state index is -4.23. The Morgan fingerprint density at radius 1 is 1.00 bits per heavy atom. The van der Waals surface area contributed by atoms with Gasteiger partial charge in [0.1, 0.15) is 0 Å². The van der Waals surface area contributed by atoms with Gasteiger partial charge in [0.15, 0.2) is 11.1 Å². The molecular weight excluding hydrogens is 473 g/mol. The Balaban J connectivity index is 2.24.